The topological polar surface area (TPSA) is 41.6 Å². The predicted molar refractivity (Wildman–Crippen MR) is 80.2 cm³/mol. The third kappa shape index (κ3) is 3.51. The number of nitrogens with one attached hydrogen (secondary N) is 1. The molecule has 1 fully saturated rings. The molecule has 1 aromatic rings. The van der Waals surface area contributed by atoms with Crippen LogP contribution in [-0.2, 0) is 0 Å². The molecule has 0 spiro atoms. The molecule has 1 atom stereocenters. The van der Waals surface area contributed by atoms with Gasteiger partial charge in [-0.25, -0.2) is 0 Å². The van der Waals surface area contributed by atoms with Gasteiger partial charge >= 0.3 is 0 Å². The predicted octanol–water partition coefficient (Wildman–Crippen LogP) is 2.30. The Hall–Kier alpha value is -1.55. The summed E-state index contributed by atoms with van der Waals surface area (Å²) in [7, 11) is 1.63. The summed E-state index contributed by atoms with van der Waals surface area (Å²) in [5.41, 5.74) is 0.741. The van der Waals surface area contributed by atoms with E-state index < -0.39 is 0 Å². The minimum Gasteiger partial charge on any atom is -0.497 e. The van der Waals surface area contributed by atoms with E-state index in [4.69, 9.17) is 4.74 Å². The SMILES string of the molecule is CCCN(C(=O)c1ccc(OC)cc1)C1CCCNC1. The monoisotopic (exact) mass is 276 g/mol. The first-order valence-electron chi connectivity index (χ1n) is 7.42. The Morgan fingerprint density at radius 1 is 1.40 bits per heavy atom. The summed E-state index contributed by atoms with van der Waals surface area (Å²) in [6.07, 6.45) is 3.22. The van der Waals surface area contributed by atoms with Crippen LogP contribution in [0.25, 0.3) is 0 Å². The maximum atomic E-state index is 12.7. The Bertz CT molecular complexity index is 425. The zero-order chi connectivity index (χ0) is 14.4. The minimum atomic E-state index is 0.128. The number of carbonyl (C=O) groups excluding carboxylic acids is 1. The van der Waals surface area contributed by atoms with Crippen LogP contribution >= 0.6 is 0 Å². The molecule has 1 aromatic carbocycles. The van der Waals surface area contributed by atoms with Crippen LogP contribution in [0, 0.1) is 0 Å². The molecule has 20 heavy (non-hydrogen) atoms. The molecule has 110 valence electrons. The highest BCUT2D eigenvalue weighted by atomic mass is 16.5. The number of ether oxygens (including phenoxy) is 1. The maximum absolute atomic E-state index is 12.7. The second-order valence-electron chi connectivity index (χ2n) is 5.23. The molecule has 4 nitrogen and oxygen atoms in total. The van der Waals surface area contributed by atoms with Crippen molar-refractivity contribution >= 4 is 5.91 Å². The number of piperidine rings is 1. The van der Waals surface area contributed by atoms with Gasteiger partial charge in [0.05, 0.1) is 7.11 Å². The van der Waals surface area contributed by atoms with E-state index in [1.165, 1.54) is 0 Å². The van der Waals surface area contributed by atoms with Gasteiger partial charge in [-0.1, -0.05) is 6.92 Å². The maximum Gasteiger partial charge on any atom is 0.254 e. The lowest BCUT2D eigenvalue weighted by molar-refractivity contribution is 0.0649. The molecule has 1 amide bonds. The van der Waals surface area contributed by atoms with Crippen molar-refractivity contribution in [2.45, 2.75) is 32.2 Å². The Balaban J connectivity index is 2.12. The Morgan fingerprint density at radius 2 is 2.15 bits per heavy atom. The molecule has 1 N–H and O–H groups in total. The molecule has 1 saturated heterocycles. The van der Waals surface area contributed by atoms with Crippen LogP contribution < -0.4 is 10.1 Å². The van der Waals surface area contributed by atoms with E-state index >= 15 is 0 Å². The number of hydrogen-bond donors (Lipinski definition) is 1. The Kier molecular flexibility index (Phi) is 5.41. The number of amides is 1. The number of nitrogens with zero attached hydrogens (tertiary/aromatic N) is 1. The standard InChI is InChI=1S/C16H24N2O2/c1-3-11-18(14-5-4-10-17-12-14)16(19)13-6-8-15(20-2)9-7-13/h6-9,14,17H,3-5,10-12H2,1-2H3. The van der Waals surface area contributed by atoms with E-state index in [9.17, 15) is 4.79 Å². The Morgan fingerprint density at radius 3 is 2.70 bits per heavy atom. The summed E-state index contributed by atoms with van der Waals surface area (Å²) in [4.78, 5) is 14.7. The van der Waals surface area contributed by atoms with Crippen LogP contribution in [0.15, 0.2) is 24.3 Å². The van der Waals surface area contributed by atoms with Gasteiger partial charge in [0.25, 0.3) is 5.91 Å². The third-order valence-corrected chi connectivity index (χ3v) is 3.77. The quantitative estimate of drug-likeness (QED) is 0.897. The fourth-order valence-corrected chi connectivity index (χ4v) is 2.69. The first-order valence-corrected chi connectivity index (χ1v) is 7.42. The van der Waals surface area contributed by atoms with Gasteiger partial charge in [0, 0.05) is 24.7 Å². The third-order valence-electron chi connectivity index (χ3n) is 3.77. The summed E-state index contributed by atoms with van der Waals surface area (Å²) < 4.78 is 5.14. The van der Waals surface area contributed by atoms with Gasteiger partial charge < -0.3 is 15.0 Å². The summed E-state index contributed by atoms with van der Waals surface area (Å²) in [5.74, 6) is 0.908. The highest BCUT2D eigenvalue weighted by molar-refractivity contribution is 5.94. The second-order valence-corrected chi connectivity index (χ2v) is 5.23. The van der Waals surface area contributed by atoms with E-state index in [1.54, 1.807) is 7.11 Å². The molecule has 2 rings (SSSR count). The molecule has 4 heteroatoms. The fraction of sp³-hybridized carbons (Fsp3) is 0.562. The van der Waals surface area contributed by atoms with Crippen LogP contribution in [0.5, 0.6) is 5.75 Å². The molecule has 0 saturated carbocycles. The lowest BCUT2D eigenvalue weighted by Gasteiger charge is -2.34. The largest absolute Gasteiger partial charge is 0.497 e. The smallest absolute Gasteiger partial charge is 0.254 e. The summed E-state index contributed by atoms with van der Waals surface area (Å²) in [6.45, 7) is 4.90. The highest BCUT2D eigenvalue weighted by Gasteiger charge is 2.25. The van der Waals surface area contributed by atoms with Gasteiger partial charge in [-0.2, -0.15) is 0 Å². The molecule has 1 unspecified atom stereocenters. The van der Waals surface area contributed by atoms with Gasteiger partial charge in [-0.15, -0.1) is 0 Å². The van der Waals surface area contributed by atoms with Crippen LogP contribution in [0.4, 0.5) is 0 Å². The van der Waals surface area contributed by atoms with Crippen LogP contribution in [-0.4, -0.2) is 43.6 Å². The highest BCUT2D eigenvalue weighted by Crippen LogP contribution is 2.17. The summed E-state index contributed by atoms with van der Waals surface area (Å²) in [6, 6.07) is 7.70. The van der Waals surface area contributed by atoms with Crippen molar-refractivity contribution in [1.82, 2.24) is 10.2 Å². The Labute approximate surface area is 121 Å². The van der Waals surface area contributed by atoms with Crippen molar-refractivity contribution in [3.63, 3.8) is 0 Å². The molecule has 1 aliphatic rings. The van der Waals surface area contributed by atoms with E-state index in [0.717, 1.165) is 50.2 Å². The lowest BCUT2D eigenvalue weighted by Crippen LogP contribution is -2.49. The van der Waals surface area contributed by atoms with Gasteiger partial charge in [0.15, 0.2) is 0 Å². The number of carbonyl (C=O) groups is 1. The first-order chi connectivity index (χ1) is 9.76. The lowest BCUT2D eigenvalue weighted by atomic mass is 10.0. The first kappa shape index (κ1) is 14.9. The average molecular weight is 276 g/mol. The van der Waals surface area contributed by atoms with E-state index in [0.29, 0.717) is 6.04 Å². The molecule has 0 radical (unpaired) electrons. The number of rotatable bonds is 5. The number of benzene rings is 1. The van der Waals surface area contributed by atoms with E-state index in [-0.39, 0.29) is 5.91 Å². The normalized spacial score (nSPS) is 18.6. The molecule has 0 aromatic heterocycles. The average Bonchev–Trinajstić information content (AvgIpc) is 2.53. The van der Waals surface area contributed by atoms with E-state index in [2.05, 4.69) is 12.2 Å². The van der Waals surface area contributed by atoms with Gasteiger partial charge in [-0.3, -0.25) is 4.79 Å². The van der Waals surface area contributed by atoms with Crippen LogP contribution in [0.2, 0.25) is 0 Å². The van der Waals surface area contributed by atoms with Crippen molar-refractivity contribution in [1.29, 1.82) is 0 Å². The molecule has 1 aliphatic heterocycles. The zero-order valence-corrected chi connectivity index (χ0v) is 12.4. The van der Waals surface area contributed by atoms with Crippen molar-refractivity contribution in [3.05, 3.63) is 29.8 Å². The molecular formula is C16H24N2O2. The van der Waals surface area contributed by atoms with Gasteiger partial charge in [0.1, 0.15) is 5.75 Å². The van der Waals surface area contributed by atoms with Crippen LogP contribution in [0.1, 0.15) is 36.5 Å². The van der Waals surface area contributed by atoms with E-state index in [1.807, 2.05) is 29.2 Å². The zero-order valence-electron chi connectivity index (χ0n) is 12.4. The molecule has 0 bridgehead atoms. The second kappa shape index (κ2) is 7.29. The molecule has 1 heterocycles. The fourth-order valence-electron chi connectivity index (χ4n) is 2.69. The van der Waals surface area contributed by atoms with Crippen LogP contribution in [0.3, 0.4) is 0 Å². The summed E-state index contributed by atoms with van der Waals surface area (Å²) in [5, 5.41) is 3.38. The van der Waals surface area contributed by atoms with Crippen molar-refractivity contribution in [2.75, 3.05) is 26.7 Å². The van der Waals surface area contributed by atoms with Gasteiger partial charge in [0.2, 0.25) is 0 Å². The number of hydrogen-bond acceptors (Lipinski definition) is 3. The van der Waals surface area contributed by atoms with Gasteiger partial charge in [-0.05, 0) is 50.1 Å². The van der Waals surface area contributed by atoms with Crippen molar-refractivity contribution in [3.8, 4) is 5.75 Å². The molecule has 0 aliphatic carbocycles. The summed E-state index contributed by atoms with van der Waals surface area (Å²) >= 11 is 0. The minimum absolute atomic E-state index is 0.128. The molecular weight excluding hydrogens is 252 g/mol. The van der Waals surface area contributed by atoms with Crippen molar-refractivity contribution in [2.24, 2.45) is 0 Å². The number of methoxy groups -OCH3 is 1. The van der Waals surface area contributed by atoms with Crippen molar-refractivity contribution < 1.29 is 9.53 Å².